The zero-order valence-electron chi connectivity index (χ0n) is 7.91. The van der Waals surface area contributed by atoms with Gasteiger partial charge in [-0.15, -0.1) is 0 Å². The van der Waals surface area contributed by atoms with E-state index in [-0.39, 0.29) is 10.3 Å². The predicted molar refractivity (Wildman–Crippen MR) is 57.9 cm³/mol. The van der Waals surface area contributed by atoms with Crippen LogP contribution in [-0.4, -0.2) is 31.3 Å². The molecule has 0 amide bonds. The Morgan fingerprint density at radius 1 is 1.50 bits per heavy atom. The lowest BCUT2D eigenvalue weighted by atomic mass is 10.2. The van der Waals surface area contributed by atoms with Gasteiger partial charge in [0.1, 0.15) is 0 Å². The van der Waals surface area contributed by atoms with Crippen LogP contribution in [0.3, 0.4) is 0 Å². The maximum Gasteiger partial charge on any atom is 0.335 e. The second kappa shape index (κ2) is 3.74. The molecule has 7 nitrogen and oxygen atoms in total. The molecule has 0 atom stereocenters. The number of nitrogen functional groups attached to an aromatic ring is 1. The van der Waals surface area contributed by atoms with Crippen molar-refractivity contribution in [2.45, 2.75) is 0 Å². The van der Waals surface area contributed by atoms with E-state index in [2.05, 4.69) is 15.5 Å². The van der Waals surface area contributed by atoms with Crippen molar-refractivity contribution in [3.8, 4) is 5.69 Å². The summed E-state index contributed by atoms with van der Waals surface area (Å²) < 4.78 is 1.56. The number of H-pyrrole nitrogens is 1. The van der Waals surface area contributed by atoms with Crippen LogP contribution in [0.15, 0.2) is 18.2 Å². The lowest BCUT2D eigenvalue weighted by Crippen LogP contribution is -2.03. The highest BCUT2D eigenvalue weighted by atomic mass is 32.1. The van der Waals surface area contributed by atoms with Crippen LogP contribution in [0.2, 0.25) is 0 Å². The SMILES string of the molecule is Nc1cc(C(=O)O)cc(-n2[nH]nnc2=S)c1. The summed E-state index contributed by atoms with van der Waals surface area (Å²) in [7, 11) is 0. The number of benzene rings is 1. The molecule has 8 heteroatoms. The molecule has 0 saturated carbocycles. The second-order valence-corrected chi connectivity index (χ2v) is 3.40. The molecular weight excluding hydrogens is 230 g/mol. The van der Waals surface area contributed by atoms with Gasteiger partial charge in [-0.3, -0.25) is 0 Å². The Morgan fingerprint density at radius 3 is 2.81 bits per heavy atom. The molecule has 82 valence electrons. The van der Waals surface area contributed by atoms with Gasteiger partial charge in [0.25, 0.3) is 0 Å². The Morgan fingerprint density at radius 2 is 2.25 bits per heavy atom. The first-order chi connectivity index (χ1) is 7.58. The summed E-state index contributed by atoms with van der Waals surface area (Å²) in [4.78, 5) is 10.8. The number of aromatic amines is 1. The summed E-state index contributed by atoms with van der Waals surface area (Å²) in [6.07, 6.45) is 0. The summed E-state index contributed by atoms with van der Waals surface area (Å²) in [5, 5.41) is 18.5. The minimum atomic E-state index is -1.06. The van der Waals surface area contributed by atoms with E-state index in [1.165, 1.54) is 16.8 Å². The number of carboxylic acids is 1. The molecule has 1 aromatic heterocycles. The average molecular weight is 237 g/mol. The highest BCUT2D eigenvalue weighted by molar-refractivity contribution is 7.71. The first-order valence-corrected chi connectivity index (χ1v) is 4.63. The van der Waals surface area contributed by atoms with Crippen LogP contribution < -0.4 is 5.73 Å². The number of anilines is 1. The lowest BCUT2D eigenvalue weighted by molar-refractivity contribution is 0.0697. The normalized spacial score (nSPS) is 10.2. The minimum absolute atomic E-state index is 0.0755. The van der Waals surface area contributed by atoms with Crippen molar-refractivity contribution < 1.29 is 9.90 Å². The van der Waals surface area contributed by atoms with Crippen LogP contribution in [0.4, 0.5) is 5.69 Å². The Kier molecular flexibility index (Phi) is 2.41. The van der Waals surface area contributed by atoms with E-state index in [0.717, 1.165) is 0 Å². The van der Waals surface area contributed by atoms with E-state index in [1.807, 2.05) is 0 Å². The zero-order valence-corrected chi connectivity index (χ0v) is 8.73. The molecule has 1 aromatic carbocycles. The van der Waals surface area contributed by atoms with Crippen LogP contribution in [0.1, 0.15) is 10.4 Å². The summed E-state index contributed by atoms with van der Waals surface area (Å²) in [5.41, 5.74) is 6.47. The number of nitrogens with one attached hydrogen (secondary N) is 1. The minimum Gasteiger partial charge on any atom is -0.478 e. The fourth-order valence-corrected chi connectivity index (χ4v) is 1.44. The van der Waals surface area contributed by atoms with E-state index in [9.17, 15) is 4.79 Å². The number of carbonyl (C=O) groups is 1. The van der Waals surface area contributed by atoms with Crippen LogP contribution >= 0.6 is 12.2 Å². The van der Waals surface area contributed by atoms with Gasteiger partial charge in [-0.2, -0.15) is 5.21 Å². The zero-order chi connectivity index (χ0) is 11.7. The van der Waals surface area contributed by atoms with Gasteiger partial charge in [0.15, 0.2) is 0 Å². The van der Waals surface area contributed by atoms with Crippen LogP contribution in [0.5, 0.6) is 0 Å². The van der Waals surface area contributed by atoms with E-state index < -0.39 is 5.97 Å². The molecule has 0 fully saturated rings. The Hall–Kier alpha value is -2.22. The summed E-state index contributed by atoms with van der Waals surface area (Å²) in [5.74, 6) is -1.06. The van der Waals surface area contributed by atoms with Gasteiger partial charge < -0.3 is 10.8 Å². The molecule has 0 radical (unpaired) electrons. The predicted octanol–water partition coefficient (Wildman–Crippen LogP) is 0.605. The highest BCUT2D eigenvalue weighted by Gasteiger charge is 2.08. The molecule has 0 spiro atoms. The number of hydrogen-bond donors (Lipinski definition) is 3. The first kappa shape index (κ1) is 10.3. The molecule has 2 rings (SSSR count). The number of tetrazole rings is 1. The molecule has 0 bridgehead atoms. The smallest absolute Gasteiger partial charge is 0.335 e. The molecular formula is C8H7N5O2S. The molecule has 0 aliphatic rings. The number of carboxylic acid groups (broad SMARTS) is 1. The Balaban J connectivity index is 2.62. The van der Waals surface area contributed by atoms with Crippen LogP contribution in [0.25, 0.3) is 5.69 Å². The van der Waals surface area contributed by atoms with E-state index >= 15 is 0 Å². The van der Waals surface area contributed by atoms with E-state index in [1.54, 1.807) is 6.07 Å². The molecule has 0 unspecified atom stereocenters. The molecule has 0 aliphatic heterocycles. The maximum absolute atomic E-state index is 10.8. The van der Waals surface area contributed by atoms with E-state index in [0.29, 0.717) is 11.4 Å². The van der Waals surface area contributed by atoms with Crippen molar-refractivity contribution in [1.82, 2.24) is 20.2 Å². The van der Waals surface area contributed by atoms with Crippen LogP contribution in [0, 0.1) is 4.77 Å². The molecule has 4 N–H and O–H groups in total. The van der Waals surface area contributed by atoms with Crippen molar-refractivity contribution in [1.29, 1.82) is 0 Å². The summed E-state index contributed by atoms with van der Waals surface area (Å²) in [6, 6.07) is 4.36. The number of aromatic nitrogens is 4. The van der Waals surface area contributed by atoms with Crippen LogP contribution in [-0.2, 0) is 0 Å². The Bertz CT molecular complexity index is 602. The third-order valence-electron chi connectivity index (χ3n) is 1.92. The van der Waals surface area contributed by atoms with Crippen molar-refractivity contribution in [2.24, 2.45) is 0 Å². The second-order valence-electron chi connectivity index (χ2n) is 3.04. The fraction of sp³-hybridized carbons (Fsp3) is 0. The number of hydrogen-bond acceptors (Lipinski definition) is 5. The molecule has 0 saturated heterocycles. The molecule has 2 aromatic rings. The quantitative estimate of drug-likeness (QED) is 0.521. The Labute approximate surface area is 94.5 Å². The van der Waals surface area contributed by atoms with Gasteiger partial charge in [-0.05, 0) is 30.4 Å². The van der Waals surface area contributed by atoms with E-state index in [4.69, 9.17) is 23.1 Å². The number of aromatic carboxylic acids is 1. The van der Waals surface area contributed by atoms with Crippen molar-refractivity contribution in [3.05, 3.63) is 28.5 Å². The third-order valence-corrected chi connectivity index (χ3v) is 2.18. The summed E-state index contributed by atoms with van der Waals surface area (Å²) >= 11 is 4.89. The van der Waals surface area contributed by atoms with Crippen molar-refractivity contribution in [3.63, 3.8) is 0 Å². The van der Waals surface area contributed by atoms with Crippen molar-refractivity contribution in [2.75, 3.05) is 5.73 Å². The first-order valence-electron chi connectivity index (χ1n) is 4.22. The van der Waals surface area contributed by atoms with Gasteiger partial charge in [0, 0.05) is 5.69 Å². The number of rotatable bonds is 2. The topological polar surface area (TPSA) is 110 Å². The summed E-state index contributed by atoms with van der Waals surface area (Å²) in [6.45, 7) is 0. The lowest BCUT2D eigenvalue weighted by Gasteiger charge is -2.04. The van der Waals surface area contributed by atoms with Gasteiger partial charge >= 0.3 is 5.97 Å². The number of nitrogens with two attached hydrogens (primary N) is 1. The van der Waals surface area contributed by atoms with Gasteiger partial charge in [-0.1, -0.05) is 10.3 Å². The monoisotopic (exact) mass is 237 g/mol. The van der Waals surface area contributed by atoms with Gasteiger partial charge in [0.05, 0.1) is 11.3 Å². The number of nitrogens with zero attached hydrogens (tertiary/aromatic N) is 3. The standard InChI is InChI=1S/C8H7N5O2S/c9-5-1-4(7(14)15)2-6(3-5)13-8(16)10-11-12-13/h1-3H,9H2,(H,14,15)(H,10,12,16). The molecule has 0 aliphatic carbocycles. The highest BCUT2D eigenvalue weighted by Crippen LogP contribution is 2.15. The largest absolute Gasteiger partial charge is 0.478 e. The van der Waals surface area contributed by atoms with Gasteiger partial charge in [-0.25, -0.2) is 9.48 Å². The van der Waals surface area contributed by atoms with Gasteiger partial charge in [0.2, 0.25) is 4.77 Å². The maximum atomic E-state index is 10.8. The molecule has 16 heavy (non-hydrogen) atoms. The fourth-order valence-electron chi connectivity index (χ4n) is 1.25. The third kappa shape index (κ3) is 1.77. The average Bonchev–Trinajstić information content (AvgIpc) is 2.63. The molecule has 1 heterocycles. The van der Waals surface area contributed by atoms with Crippen molar-refractivity contribution >= 4 is 23.9 Å².